The number of pyridine rings is 1. The molecule has 368 valence electrons. The van der Waals surface area contributed by atoms with Crippen LogP contribution in [0.15, 0.2) is 113 Å². The molecule has 5 aromatic rings. The summed E-state index contributed by atoms with van der Waals surface area (Å²) in [5, 5.41) is 0.549. The highest BCUT2D eigenvalue weighted by Gasteiger charge is 2.53. The van der Waals surface area contributed by atoms with Crippen LogP contribution in [-0.4, -0.2) is 105 Å². The molecule has 2 saturated heterocycles. The number of ether oxygens (including phenoxy) is 6. The Kier molecular flexibility index (Phi) is 15.3. The molecule has 16 heteroatoms. The molecule has 2 fully saturated rings. The zero-order valence-corrected chi connectivity index (χ0v) is 45.0. The Balaban J connectivity index is 0.996. The SMILES string of the molecule is COc1ccc(CN(Cc2ccc(OC)cc2)S(=O)(=O)c2ccc(-c3ccc(-c4nc5c(cc4Cl)C(COCC[Si](C)(C)C)C(O[C@@H]4CO[C@H]6[C@@H]4OC[C@H]6O[Si](C)(C)C(C)(C)C)=N5)cc3)cc2)cc1. The number of methoxy groups -OCH3 is 2. The summed E-state index contributed by atoms with van der Waals surface area (Å²) in [4.78, 5) is 10.2. The molecule has 5 atom stereocenters. The van der Waals surface area contributed by atoms with Crippen LogP contribution in [0.2, 0.25) is 48.8 Å². The van der Waals surface area contributed by atoms with Crippen LogP contribution in [0.3, 0.4) is 0 Å². The third-order valence-electron chi connectivity index (χ3n) is 13.7. The molecular formula is C53H66ClN3O9SSi2. The fourth-order valence-electron chi connectivity index (χ4n) is 8.43. The largest absolute Gasteiger partial charge is 0.497 e. The molecule has 0 spiro atoms. The van der Waals surface area contributed by atoms with Gasteiger partial charge in [0.25, 0.3) is 0 Å². The topological polar surface area (TPSA) is 127 Å². The lowest BCUT2D eigenvalue weighted by molar-refractivity contribution is 0.00816. The number of benzene rings is 4. The number of hydrogen-bond acceptors (Lipinski definition) is 11. The lowest BCUT2D eigenvalue weighted by Crippen LogP contribution is -2.47. The molecule has 0 saturated carbocycles. The maximum Gasteiger partial charge on any atom is 0.243 e. The summed E-state index contributed by atoms with van der Waals surface area (Å²) in [6.45, 7) is 20.4. The summed E-state index contributed by atoms with van der Waals surface area (Å²) in [6, 6.07) is 32.7. The van der Waals surface area contributed by atoms with E-state index in [0.717, 1.165) is 39.4 Å². The van der Waals surface area contributed by atoms with Crippen molar-refractivity contribution in [3.8, 4) is 33.9 Å². The van der Waals surface area contributed by atoms with E-state index in [1.165, 1.54) is 4.31 Å². The highest BCUT2D eigenvalue weighted by atomic mass is 35.5. The highest BCUT2D eigenvalue weighted by molar-refractivity contribution is 7.89. The van der Waals surface area contributed by atoms with Gasteiger partial charge in [-0.2, -0.15) is 9.30 Å². The van der Waals surface area contributed by atoms with Crippen molar-refractivity contribution in [1.29, 1.82) is 0 Å². The van der Waals surface area contributed by atoms with Gasteiger partial charge in [0.2, 0.25) is 15.9 Å². The standard InChI is InChI=1S/C53H66ClN3O9SSi2/c1-53(2,3)69(9,10)66-47-34-64-49-46(33-63-50(47)49)65-52-44(32-62-27-28-68(6,7)8)43-29-45(54)48(55-51(43)56-52)39-17-15-37(16-18-39)38-19-25-42(26-20-38)67(58,59)57(30-35-11-21-40(60-4)22-12-35)31-36-13-23-41(61-5)24-14-36/h11-26,29,44,46-47,49-50H,27-28,30-34H2,1-10H3/t44?,46-,47-,49-,50-/m1/s1. The van der Waals surface area contributed by atoms with Crippen molar-refractivity contribution in [2.75, 3.05) is 40.6 Å². The van der Waals surface area contributed by atoms with Crippen molar-refractivity contribution in [3.63, 3.8) is 0 Å². The minimum atomic E-state index is -3.92. The van der Waals surface area contributed by atoms with Crippen LogP contribution in [0.1, 0.15) is 43.4 Å². The van der Waals surface area contributed by atoms with Gasteiger partial charge in [-0.1, -0.05) is 113 Å². The minimum Gasteiger partial charge on any atom is -0.497 e. The van der Waals surface area contributed by atoms with E-state index >= 15 is 0 Å². The summed E-state index contributed by atoms with van der Waals surface area (Å²) in [5.41, 5.74) is 5.69. The Morgan fingerprint density at radius 3 is 1.80 bits per heavy atom. The van der Waals surface area contributed by atoms with E-state index in [4.69, 9.17) is 54.4 Å². The average molecular weight is 1010 g/mol. The van der Waals surface area contributed by atoms with Crippen LogP contribution < -0.4 is 9.47 Å². The van der Waals surface area contributed by atoms with Gasteiger partial charge in [-0.3, -0.25) is 0 Å². The van der Waals surface area contributed by atoms with Gasteiger partial charge in [0.15, 0.2) is 20.2 Å². The van der Waals surface area contributed by atoms with Crippen LogP contribution in [0.25, 0.3) is 22.4 Å². The number of rotatable bonds is 18. The van der Waals surface area contributed by atoms with Crippen molar-refractivity contribution < 1.29 is 41.3 Å². The Labute approximate surface area is 415 Å². The van der Waals surface area contributed by atoms with E-state index in [0.29, 0.717) is 60.4 Å². The van der Waals surface area contributed by atoms with Gasteiger partial charge in [-0.05, 0) is 88.9 Å². The zero-order chi connectivity index (χ0) is 49.3. The monoisotopic (exact) mass is 1010 g/mol. The third-order valence-corrected chi connectivity index (χ3v) is 22.0. The minimum absolute atomic E-state index is 0.0604. The Morgan fingerprint density at radius 1 is 0.739 bits per heavy atom. The fourth-order valence-corrected chi connectivity index (χ4v) is 12.2. The number of aliphatic imine (C=N–C) groups is 1. The first kappa shape index (κ1) is 50.9. The summed E-state index contributed by atoms with van der Waals surface area (Å²) < 4.78 is 73.3. The van der Waals surface area contributed by atoms with Crippen LogP contribution in [-0.2, 0) is 46.5 Å². The molecule has 4 aromatic carbocycles. The number of sulfonamides is 1. The summed E-state index contributed by atoms with van der Waals surface area (Å²) >= 11 is 7.08. The molecular weight excluding hydrogens is 946 g/mol. The van der Waals surface area contributed by atoms with Gasteiger partial charge >= 0.3 is 0 Å². The third kappa shape index (κ3) is 11.7. The highest BCUT2D eigenvalue weighted by Crippen LogP contribution is 2.44. The molecule has 8 rings (SSSR count). The summed E-state index contributed by atoms with van der Waals surface area (Å²) in [6.07, 6.45) is -1.02. The van der Waals surface area contributed by atoms with E-state index in [2.05, 4.69) is 53.5 Å². The van der Waals surface area contributed by atoms with E-state index < -0.39 is 26.4 Å². The van der Waals surface area contributed by atoms with Crippen molar-refractivity contribution in [2.24, 2.45) is 4.99 Å². The number of aromatic nitrogens is 1. The van der Waals surface area contributed by atoms with Crippen molar-refractivity contribution in [2.45, 2.75) is 113 Å². The summed E-state index contributed by atoms with van der Waals surface area (Å²) in [7, 11) is -4.09. The van der Waals surface area contributed by atoms with Crippen molar-refractivity contribution in [1.82, 2.24) is 9.29 Å². The molecule has 1 unspecified atom stereocenters. The molecule has 4 heterocycles. The second-order valence-electron chi connectivity index (χ2n) is 20.9. The van der Waals surface area contributed by atoms with Gasteiger partial charge in [-0.25, -0.2) is 13.4 Å². The molecule has 3 aliphatic heterocycles. The van der Waals surface area contributed by atoms with Crippen molar-refractivity contribution >= 4 is 49.7 Å². The van der Waals surface area contributed by atoms with Gasteiger partial charge in [0.05, 0.1) is 61.7 Å². The van der Waals surface area contributed by atoms with E-state index in [9.17, 15) is 8.42 Å². The number of halogens is 1. The summed E-state index contributed by atoms with van der Waals surface area (Å²) in [5.74, 6) is 2.16. The smallest absolute Gasteiger partial charge is 0.243 e. The first-order chi connectivity index (χ1) is 32.7. The Bertz CT molecular complexity index is 2660. The average Bonchev–Trinajstić information content (AvgIpc) is 4.01. The van der Waals surface area contributed by atoms with E-state index in [1.807, 2.05) is 91.0 Å². The van der Waals surface area contributed by atoms with Gasteiger partial charge < -0.3 is 32.8 Å². The van der Waals surface area contributed by atoms with Crippen molar-refractivity contribution in [3.05, 3.63) is 125 Å². The number of hydrogen-bond donors (Lipinski definition) is 0. The fraction of sp³-hybridized carbons (Fsp3) is 0.434. The normalized spacial score (nSPS) is 20.5. The molecule has 69 heavy (non-hydrogen) atoms. The van der Waals surface area contributed by atoms with Crippen LogP contribution in [0, 0.1) is 0 Å². The predicted molar refractivity (Wildman–Crippen MR) is 278 cm³/mol. The zero-order valence-electron chi connectivity index (χ0n) is 41.5. The van der Waals surface area contributed by atoms with E-state index in [-0.39, 0.29) is 53.4 Å². The first-order valence-corrected chi connectivity index (χ1v) is 32.1. The number of nitrogens with zero attached hydrogens (tertiary/aromatic N) is 3. The molecule has 0 aliphatic carbocycles. The lowest BCUT2D eigenvalue weighted by atomic mass is 10.00. The first-order valence-electron chi connectivity index (χ1n) is 23.6. The second-order valence-corrected chi connectivity index (χ2v) is 33.6. The maximum atomic E-state index is 14.3. The molecule has 1 aromatic heterocycles. The van der Waals surface area contributed by atoms with Crippen LogP contribution >= 0.6 is 11.6 Å². The van der Waals surface area contributed by atoms with Crippen LogP contribution in [0.5, 0.6) is 11.5 Å². The molecule has 0 N–H and O–H groups in total. The molecule has 3 aliphatic rings. The van der Waals surface area contributed by atoms with Gasteiger partial charge in [0.1, 0.15) is 23.7 Å². The quantitative estimate of drug-likeness (QED) is 0.0618. The lowest BCUT2D eigenvalue weighted by Gasteiger charge is -2.39. The van der Waals surface area contributed by atoms with Crippen LogP contribution in [0.4, 0.5) is 5.82 Å². The van der Waals surface area contributed by atoms with E-state index in [1.54, 1.807) is 26.4 Å². The molecule has 0 bridgehead atoms. The molecule has 0 radical (unpaired) electrons. The maximum absolute atomic E-state index is 14.3. The Morgan fingerprint density at radius 2 is 1.26 bits per heavy atom. The predicted octanol–water partition coefficient (Wildman–Crippen LogP) is 11.5. The second kappa shape index (κ2) is 20.7. The van der Waals surface area contributed by atoms with Gasteiger partial charge in [0, 0.05) is 38.9 Å². The van der Waals surface area contributed by atoms with Gasteiger partial charge in [-0.15, -0.1) is 0 Å². The number of fused-ring (bicyclic) bond motifs is 2. The Hall–Kier alpha value is -4.43. The molecule has 12 nitrogen and oxygen atoms in total. The molecule has 0 amide bonds.